The van der Waals surface area contributed by atoms with Crippen molar-refractivity contribution in [3.63, 3.8) is 0 Å². The summed E-state index contributed by atoms with van der Waals surface area (Å²) in [5.41, 5.74) is 0. The van der Waals surface area contributed by atoms with Crippen LogP contribution in [0.3, 0.4) is 0 Å². The van der Waals surface area contributed by atoms with Crippen molar-refractivity contribution in [1.29, 1.82) is 0 Å². The fraction of sp³-hybridized carbons (Fsp3) is 0.902. The Kier molecular flexibility index (Phi) is 33.7. The molecule has 0 aliphatic heterocycles. The number of carbonyl (C=O) groups excluding carboxylic acids is 2. The highest BCUT2D eigenvalue weighted by Gasteiger charge is 2.21. The molecule has 1 unspecified atom stereocenters. The zero-order valence-corrected chi connectivity index (χ0v) is 34.7. The number of hydrogen-bond acceptors (Lipinski definition) is 8. The van der Waals surface area contributed by atoms with Gasteiger partial charge in [-0.1, -0.05) is 148 Å². The summed E-state index contributed by atoms with van der Waals surface area (Å²) < 4.78 is 33.8. The lowest BCUT2D eigenvalue weighted by molar-refractivity contribution is -0.870. The van der Waals surface area contributed by atoms with Crippen LogP contribution in [0.2, 0.25) is 0 Å². The van der Waals surface area contributed by atoms with E-state index in [4.69, 9.17) is 18.5 Å². The number of hydrogen-bond donors (Lipinski definition) is 0. The molecule has 0 amide bonds. The van der Waals surface area contributed by atoms with E-state index in [-0.39, 0.29) is 32.0 Å². The number of phosphoric ester groups is 1. The number of unbranched alkanes of at least 4 members (excludes halogenated alkanes) is 22. The van der Waals surface area contributed by atoms with Gasteiger partial charge in [0.2, 0.25) is 0 Å². The number of allylic oxidation sites excluding steroid dienone is 2. The first-order valence-electron chi connectivity index (χ1n) is 20.9. The number of quaternary nitrogens is 1. The van der Waals surface area contributed by atoms with Crippen LogP contribution in [0.1, 0.15) is 187 Å². The molecule has 0 N–H and O–H groups in total. The highest BCUT2D eigenvalue weighted by atomic mass is 31.2. The molecule has 0 aromatic heterocycles. The highest BCUT2D eigenvalue weighted by molar-refractivity contribution is 7.45. The summed E-state index contributed by atoms with van der Waals surface area (Å²) in [5.74, 6) is -0.838. The Bertz CT molecular complexity index is 891. The SMILES string of the molecule is CCCCCCC/C=C/CCCCCCCC(=O)O[C@H](COC(=O)CCCCCCCCCCCCCCC)COP(=O)([O-])OCC[N+](C)(C)C. The molecule has 302 valence electrons. The van der Waals surface area contributed by atoms with E-state index in [0.29, 0.717) is 17.4 Å². The standard InChI is InChI=1S/C41H80NO8P/c1-6-8-10-12-14-16-18-20-22-24-26-28-30-32-34-41(44)50-39(38-49-51(45,46)48-36-35-42(3,4)5)37-47-40(43)33-31-29-27-25-23-21-19-17-15-13-11-9-7-2/h18,20,39H,6-17,19,21-38H2,1-5H3/b20-18+/t39-/m1/s1. The van der Waals surface area contributed by atoms with Gasteiger partial charge in [0.1, 0.15) is 19.8 Å². The quantitative estimate of drug-likeness (QED) is 0.0202. The van der Waals surface area contributed by atoms with Crippen LogP contribution in [0.15, 0.2) is 12.2 Å². The largest absolute Gasteiger partial charge is 0.756 e. The lowest BCUT2D eigenvalue weighted by Crippen LogP contribution is -2.37. The molecule has 9 nitrogen and oxygen atoms in total. The number of esters is 2. The molecular weight excluding hydrogens is 665 g/mol. The molecule has 10 heteroatoms. The van der Waals surface area contributed by atoms with Gasteiger partial charge < -0.3 is 27.9 Å². The molecule has 0 aromatic carbocycles. The number of nitrogens with zero attached hydrogens (tertiary/aromatic N) is 1. The van der Waals surface area contributed by atoms with Crippen LogP contribution in [0.25, 0.3) is 0 Å². The van der Waals surface area contributed by atoms with E-state index in [1.807, 2.05) is 21.1 Å². The number of likely N-dealkylation sites (N-methyl/N-ethyl adjacent to an activating group) is 1. The monoisotopic (exact) mass is 746 g/mol. The number of carbonyl (C=O) groups is 2. The van der Waals surface area contributed by atoms with Gasteiger partial charge in [-0.25, -0.2) is 0 Å². The van der Waals surface area contributed by atoms with E-state index in [1.165, 1.54) is 103 Å². The van der Waals surface area contributed by atoms with Crippen LogP contribution in [-0.2, 0) is 32.7 Å². The number of rotatable bonds is 38. The normalized spacial score (nSPS) is 13.8. The van der Waals surface area contributed by atoms with Gasteiger partial charge in [-0.3, -0.25) is 14.2 Å². The Morgan fingerprint density at radius 3 is 1.45 bits per heavy atom. The fourth-order valence-electron chi connectivity index (χ4n) is 5.71. The lowest BCUT2D eigenvalue weighted by Gasteiger charge is -2.28. The van der Waals surface area contributed by atoms with E-state index in [2.05, 4.69) is 26.0 Å². The van der Waals surface area contributed by atoms with Gasteiger partial charge >= 0.3 is 11.9 Å². The molecule has 51 heavy (non-hydrogen) atoms. The summed E-state index contributed by atoms with van der Waals surface area (Å²) in [7, 11) is 1.17. The van der Waals surface area contributed by atoms with Crippen molar-refractivity contribution >= 4 is 19.8 Å². The first kappa shape index (κ1) is 49.8. The van der Waals surface area contributed by atoms with Gasteiger partial charge in [-0.05, 0) is 38.5 Å². The van der Waals surface area contributed by atoms with E-state index in [1.54, 1.807) is 0 Å². The predicted octanol–water partition coefficient (Wildman–Crippen LogP) is 10.8. The molecule has 0 rings (SSSR count). The molecule has 0 saturated heterocycles. The second kappa shape index (κ2) is 34.5. The van der Waals surface area contributed by atoms with Gasteiger partial charge in [-0.15, -0.1) is 0 Å². The van der Waals surface area contributed by atoms with Crippen molar-refractivity contribution in [2.75, 3.05) is 47.5 Å². The third kappa shape index (κ3) is 38.3. The Balaban J connectivity index is 4.39. The Morgan fingerprint density at radius 2 is 1.00 bits per heavy atom. The third-order valence-corrected chi connectivity index (χ3v) is 10.00. The van der Waals surface area contributed by atoms with Gasteiger partial charge in [0.15, 0.2) is 6.10 Å². The lowest BCUT2D eigenvalue weighted by atomic mass is 10.0. The van der Waals surface area contributed by atoms with Crippen LogP contribution in [0.5, 0.6) is 0 Å². The molecule has 2 atom stereocenters. The number of ether oxygens (including phenoxy) is 2. The number of phosphoric acid groups is 1. The topological polar surface area (TPSA) is 111 Å². The second-order valence-corrected chi connectivity index (χ2v) is 16.8. The van der Waals surface area contributed by atoms with Crippen molar-refractivity contribution in [2.45, 2.75) is 193 Å². The van der Waals surface area contributed by atoms with E-state index in [0.717, 1.165) is 51.4 Å². The molecule has 0 aromatic rings. The molecule has 0 aliphatic carbocycles. The summed E-state index contributed by atoms with van der Waals surface area (Å²) >= 11 is 0. The average Bonchev–Trinajstić information content (AvgIpc) is 3.07. The Hall–Kier alpha value is -1.25. The molecule has 0 spiro atoms. The van der Waals surface area contributed by atoms with Gasteiger partial charge in [0.25, 0.3) is 7.82 Å². The second-order valence-electron chi connectivity index (χ2n) is 15.4. The Labute approximate surface area is 314 Å². The first-order chi connectivity index (χ1) is 24.5. The maximum absolute atomic E-state index is 12.6. The summed E-state index contributed by atoms with van der Waals surface area (Å²) in [6.45, 7) is 4.21. The minimum atomic E-state index is -4.62. The minimum absolute atomic E-state index is 0.0295. The molecule has 0 fully saturated rings. The maximum atomic E-state index is 12.6. The molecule has 0 bridgehead atoms. The van der Waals surface area contributed by atoms with Crippen molar-refractivity contribution in [1.82, 2.24) is 0 Å². The van der Waals surface area contributed by atoms with E-state index in [9.17, 15) is 19.0 Å². The minimum Gasteiger partial charge on any atom is -0.756 e. The molecule has 0 heterocycles. The Morgan fingerprint density at radius 1 is 0.588 bits per heavy atom. The smallest absolute Gasteiger partial charge is 0.306 e. The molecule has 0 aliphatic rings. The van der Waals surface area contributed by atoms with Crippen molar-refractivity contribution < 1.29 is 42.1 Å². The third-order valence-electron chi connectivity index (χ3n) is 9.04. The van der Waals surface area contributed by atoms with Gasteiger partial charge in [-0.2, -0.15) is 0 Å². The van der Waals surface area contributed by atoms with Crippen molar-refractivity contribution in [3.05, 3.63) is 12.2 Å². The molecule has 0 saturated carbocycles. The first-order valence-corrected chi connectivity index (χ1v) is 22.4. The summed E-state index contributed by atoms with van der Waals surface area (Å²) in [5, 5.41) is 0. The zero-order chi connectivity index (χ0) is 37.9. The summed E-state index contributed by atoms with van der Waals surface area (Å²) in [6, 6.07) is 0. The van der Waals surface area contributed by atoms with Crippen LogP contribution >= 0.6 is 7.82 Å². The van der Waals surface area contributed by atoms with Crippen LogP contribution in [0, 0.1) is 0 Å². The van der Waals surface area contributed by atoms with E-state index < -0.39 is 26.5 Å². The molecule has 0 radical (unpaired) electrons. The van der Waals surface area contributed by atoms with Crippen molar-refractivity contribution in [2.24, 2.45) is 0 Å². The fourth-order valence-corrected chi connectivity index (χ4v) is 6.44. The average molecular weight is 746 g/mol. The van der Waals surface area contributed by atoms with Gasteiger partial charge in [0, 0.05) is 12.8 Å². The summed E-state index contributed by atoms with van der Waals surface area (Å²) in [6.07, 6.45) is 33.7. The van der Waals surface area contributed by atoms with E-state index >= 15 is 0 Å². The highest BCUT2D eigenvalue weighted by Crippen LogP contribution is 2.38. The van der Waals surface area contributed by atoms with Crippen LogP contribution in [-0.4, -0.2) is 70.0 Å². The van der Waals surface area contributed by atoms with Crippen molar-refractivity contribution in [3.8, 4) is 0 Å². The maximum Gasteiger partial charge on any atom is 0.306 e. The summed E-state index contributed by atoms with van der Waals surface area (Å²) in [4.78, 5) is 37.4. The van der Waals surface area contributed by atoms with Crippen LogP contribution in [0.4, 0.5) is 0 Å². The zero-order valence-electron chi connectivity index (χ0n) is 33.8. The molecular formula is C41H80NO8P. The van der Waals surface area contributed by atoms with Gasteiger partial charge in [0.05, 0.1) is 27.7 Å². The predicted molar refractivity (Wildman–Crippen MR) is 208 cm³/mol. The van der Waals surface area contributed by atoms with Crippen LogP contribution < -0.4 is 4.89 Å².